The Bertz CT molecular complexity index is 631. The average molecular weight is 360 g/mol. The largest absolute Gasteiger partial charge is 0.397 e. The number of hydrogen-bond donors (Lipinski definition) is 2. The summed E-state index contributed by atoms with van der Waals surface area (Å²) in [5.74, 6) is -0.236. The molecule has 2 rings (SSSR count). The van der Waals surface area contributed by atoms with E-state index in [0.717, 1.165) is 15.6 Å². The molecule has 0 aliphatic carbocycles. The molecular weight excluding hydrogens is 348 g/mol. The number of nitrogens with two attached hydrogens (primary N) is 1. The van der Waals surface area contributed by atoms with Crippen molar-refractivity contribution in [2.24, 2.45) is 0 Å². The van der Waals surface area contributed by atoms with Gasteiger partial charge in [-0.25, -0.2) is 0 Å². The van der Waals surface area contributed by atoms with Gasteiger partial charge in [-0.15, -0.1) is 11.3 Å². The van der Waals surface area contributed by atoms with Crippen LogP contribution < -0.4 is 11.1 Å². The highest BCUT2D eigenvalue weighted by Gasteiger charge is 2.16. The summed E-state index contributed by atoms with van der Waals surface area (Å²) in [6.45, 7) is 3.76. The quantitative estimate of drug-likeness (QED) is 0.769. The first kappa shape index (κ1) is 14.4. The van der Waals surface area contributed by atoms with Gasteiger partial charge in [-0.05, 0) is 42.5 Å². The van der Waals surface area contributed by atoms with E-state index in [-0.39, 0.29) is 5.91 Å². The highest BCUT2D eigenvalue weighted by molar-refractivity contribution is 9.10. The zero-order valence-corrected chi connectivity index (χ0v) is 13.5. The Kier molecular flexibility index (Phi) is 4.18. The van der Waals surface area contributed by atoms with Crippen LogP contribution in [0, 0.1) is 13.8 Å². The van der Waals surface area contributed by atoms with Crippen molar-refractivity contribution in [2.75, 3.05) is 11.1 Å². The van der Waals surface area contributed by atoms with E-state index in [1.165, 1.54) is 11.3 Å². The molecule has 1 aromatic carbocycles. The molecule has 100 valence electrons. The minimum atomic E-state index is -0.236. The summed E-state index contributed by atoms with van der Waals surface area (Å²) in [7, 11) is 0. The monoisotopic (exact) mass is 358 g/mol. The predicted octanol–water partition coefficient (Wildman–Crippen LogP) is 4.62. The van der Waals surface area contributed by atoms with Crippen LogP contribution >= 0.6 is 38.9 Å². The molecule has 1 heterocycles. The van der Waals surface area contributed by atoms with E-state index in [1.54, 1.807) is 6.07 Å². The van der Waals surface area contributed by atoms with Gasteiger partial charge in [-0.2, -0.15) is 0 Å². The Morgan fingerprint density at radius 2 is 2.05 bits per heavy atom. The number of thiophene rings is 1. The van der Waals surface area contributed by atoms with Gasteiger partial charge in [0.2, 0.25) is 0 Å². The van der Waals surface area contributed by atoms with Gasteiger partial charge in [0.25, 0.3) is 5.91 Å². The maximum absolute atomic E-state index is 12.2. The summed E-state index contributed by atoms with van der Waals surface area (Å²) in [6.07, 6.45) is 0. The zero-order chi connectivity index (χ0) is 14.2. The second-order valence-corrected chi connectivity index (χ2v) is 6.38. The van der Waals surface area contributed by atoms with Crippen LogP contribution in [0.5, 0.6) is 0 Å². The molecule has 0 radical (unpaired) electrons. The van der Waals surface area contributed by atoms with Crippen LogP contribution in [0.1, 0.15) is 20.8 Å². The van der Waals surface area contributed by atoms with Gasteiger partial charge in [0.15, 0.2) is 0 Å². The number of nitrogen functional groups attached to an aromatic ring is 1. The number of carbonyl (C=O) groups excluding carboxylic acids is 1. The number of nitrogens with one attached hydrogen (secondary N) is 1. The maximum atomic E-state index is 12.2. The van der Waals surface area contributed by atoms with Crippen molar-refractivity contribution in [1.82, 2.24) is 0 Å². The molecule has 1 aromatic heterocycles. The van der Waals surface area contributed by atoms with Crippen LogP contribution in [0.25, 0.3) is 0 Å². The van der Waals surface area contributed by atoms with Crippen molar-refractivity contribution in [3.8, 4) is 0 Å². The Morgan fingerprint density at radius 3 is 2.58 bits per heavy atom. The lowest BCUT2D eigenvalue weighted by atomic mass is 10.1. The Hall–Kier alpha value is -1.04. The zero-order valence-electron chi connectivity index (χ0n) is 10.4. The third kappa shape index (κ3) is 2.94. The topological polar surface area (TPSA) is 55.1 Å². The predicted molar refractivity (Wildman–Crippen MR) is 85.3 cm³/mol. The summed E-state index contributed by atoms with van der Waals surface area (Å²) in [5, 5.41) is 5.17. The summed E-state index contributed by atoms with van der Waals surface area (Å²) in [4.78, 5) is 12.7. The summed E-state index contributed by atoms with van der Waals surface area (Å²) < 4.78 is 0.880. The van der Waals surface area contributed by atoms with E-state index in [9.17, 15) is 4.79 Å². The van der Waals surface area contributed by atoms with Gasteiger partial charge in [0.1, 0.15) is 4.88 Å². The summed E-state index contributed by atoms with van der Waals surface area (Å²) in [5.41, 5.74) is 8.85. The van der Waals surface area contributed by atoms with E-state index in [0.29, 0.717) is 21.3 Å². The molecule has 0 spiro atoms. The molecule has 0 saturated heterocycles. The molecule has 0 atom stereocenters. The molecule has 6 heteroatoms. The normalized spacial score (nSPS) is 10.5. The van der Waals surface area contributed by atoms with Crippen molar-refractivity contribution in [2.45, 2.75) is 13.8 Å². The van der Waals surface area contributed by atoms with Gasteiger partial charge >= 0.3 is 0 Å². The second-order valence-electron chi connectivity index (χ2n) is 4.20. The molecule has 19 heavy (non-hydrogen) atoms. The molecule has 0 fully saturated rings. The molecule has 0 saturated carbocycles. The molecule has 3 N–H and O–H groups in total. The minimum absolute atomic E-state index is 0.236. The maximum Gasteiger partial charge on any atom is 0.267 e. The number of aryl methyl sites for hydroxylation is 2. The third-order valence-corrected chi connectivity index (χ3v) is 4.83. The molecular formula is C13H12BrClN2OS. The lowest BCUT2D eigenvalue weighted by Gasteiger charge is -2.11. The van der Waals surface area contributed by atoms with Crippen LogP contribution in [0.15, 0.2) is 22.0 Å². The van der Waals surface area contributed by atoms with Gasteiger partial charge < -0.3 is 11.1 Å². The van der Waals surface area contributed by atoms with E-state index < -0.39 is 0 Å². The highest BCUT2D eigenvalue weighted by atomic mass is 79.9. The molecule has 2 aromatic rings. The smallest absolute Gasteiger partial charge is 0.267 e. The van der Waals surface area contributed by atoms with Crippen LogP contribution in [0.4, 0.5) is 11.4 Å². The Balaban J connectivity index is 2.32. The molecule has 0 aliphatic heterocycles. The van der Waals surface area contributed by atoms with Crippen molar-refractivity contribution >= 4 is 56.1 Å². The van der Waals surface area contributed by atoms with Gasteiger partial charge in [0.05, 0.1) is 16.4 Å². The molecule has 0 aliphatic rings. The molecule has 0 bridgehead atoms. The Labute approximate surface area is 128 Å². The number of hydrogen-bond acceptors (Lipinski definition) is 3. The van der Waals surface area contributed by atoms with Gasteiger partial charge in [-0.3, -0.25) is 4.79 Å². The first-order valence-corrected chi connectivity index (χ1v) is 7.55. The van der Waals surface area contributed by atoms with E-state index >= 15 is 0 Å². The molecule has 0 unspecified atom stereocenters. The van der Waals surface area contributed by atoms with E-state index in [2.05, 4.69) is 21.2 Å². The lowest BCUT2D eigenvalue weighted by molar-refractivity contribution is 0.103. The second kappa shape index (κ2) is 5.53. The van der Waals surface area contributed by atoms with Crippen molar-refractivity contribution in [3.63, 3.8) is 0 Å². The minimum Gasteiger partial charge on any atom is -0.397 e. The van der Waals surface area contributed by atoms with Crippen LogP contribution in [-0.4, -0.2) is 5.91 Å². The summed E-state index contributed by atoms with van der Waals surface area (Å²) >= 11 is 10.8. The fourth-order valence-corrected chi connectivity index (χ4v) is 3.46. The number of halogens is 2. The average Bonchev–Trinajstić information content (AvgIpc) is 2.64. The third-order valence-electron chi connectivity index (χ3n) is 2.67. The first-order valence-electron chi connectivity index (χ1n) is 5.50. The molecule has 1 amide bonds. The number of carbonyl (C=O) groups is 1. The van der Waals surface area contributed by atoms with Gasteiger partial charge in [-0.1, -0.05) is 27.5 Å². The fraction of sp³-hybridized carbons (Fsp3) is 0.154. The van der Waals surface area contributed by atoms with Crippen molar-refractivity contribution < 1.29 is 4.79 Å². The number of amides is 1. The number of anilines is 2. The summed E-state index contributed by atoms with van der Waals surface area (Å²) in [6, 6.07) is 3.65. The molecule has 3 nitrogen and oxygen atoms in total. The number of rotatable bonds is 2. The van der Waals surface area contributed by atoms with Crippen molar-refractivity contribution in [3.05, 3.63) is 43.0 Å². The number of benzene rings is 1. The van der Waals surface area contributed by atoms with Crippen LogP contribution in [0.3, 0.4) is 0 Å². The fourth-order valence-electron chi connectivity index (χ4n) is 1.69. The first-order chi connectivity index (χ1) is 8.90. The highest BCUT2D eigenvalue weighted by Crippen LogP contribution is 2.31. The lowest BCUT2D eigenvalue weighted by Crippen LogP contribution is -2.13. The Morgan fingerprint density at radius 1 is 1.37 bits per heavy atom. The van der Waals surface area contributed by atoms with E-state index in [1.807, 2.05) is 25.3 Å². The van der Waals surface area contributed by atoms with Crippen molar-refractivity contribution in [1.29, 1.82) is 0 Å². The van der Waals surface area contributed by atoms with Crippen LogP contribution in [0.2, 0.25) is 5.02 Å². The van der Waals surface area contributed by atoms with E-state index in [4.69, 9.17) is 17.3 Å². The van der Waals surface area contributed by atoms with Crippen LogP contribution in [-0.2, 0) is 0 Å². The standard InChI is InChI=1S/C13H12BrClN2OS/c1-6-3-8(14)4-9(16)11(6)17-13(18)12-10(15)7(2)5-19-12/h3-5H,16H2,1-2H3,(H,17,18). The van der Waals surface area contributed by atoms with Gasteiger partial charge in [0, 0.05) is 4.47 Å². The SMILES string of the molecule is Cc1csc(C(=O)Nc2c(C)cc(Br)cc2N)c1Cl.